The topological polar surface area (TPSA) is 184 Å². The highest BCUT2D eigenvalue weighted by molar-refractivity contribution is 5.94. The number of amides is 3. The van der Waals surface area contributed by atoms with Gasteiger partial charge in [-0.3, -0.25) is 14.4 Å². The number of carboxylic acid groups (broad SMARTS) is 1. The summed E-state index contributed by atoms with van der Waals surface area (Å²) in [5.41, 5.74) is 12.7. The monoisotopic (exact) mass is 486 g/mol. The number of unbranched alkanes of at least 4 members (excludes halogenated alkanes) is 1. The molecule has 1 saturated heterocycles. The number of H-pyrrole nitrogens is 1. The molecule has 0 bridgehead atoms. The van der Waals surface area contributed by atoms with Crippen LogP contribution < -0.4 is 22.1 Å². The van der Waals surface area contributed by atoms with Crippen molar-refractivity contribution >= 4 is 34.6 Å². The van der Waals surface area contributed by atoms with E-state index in [2.05, 4.69) is 15.6 Å². The molecule has 0 spiro atoms. The number of likely N-dealkylation sites (tertiary alicyclic amines) is 1. The number of hydrogen-bond acceptors (Lipinski definition) is 6. The maximum atomic E-state index is 13.6. The summed E-state index contributed by atoms with van der Waals surface area (Å²) in [4.78, 5) is 54.9. The molecule has 11 nitrogen and oxygen atoms in total. The molecule has 2 aromatic rings. The molecule has 0 aliphatic carbocycles. The van der Waals surface area contributed by atoms with Gasteiger partial charge in [-0.05, 0) is 50.3 Å². The van der Waals surface area contributed by atoms with Crippen LogP contribution in [0.2, 0.25) is 0 Å². The maximum Gasteiger partial charge on any atom is 0.326 e. The summed E-state index contributed by atoms with van der Waals surface area (Å²) in [6.07, 6.45) is 4.51. The molecule has 3 amide bonds. The quantitative estimate of drug-likeness (QED) is 0.225. The Bertz CT molecular complexity index is 1050. The van der Waals surface area contributed by atoms with Crippen LogP contribution in [0.4, 0.5) is 0 Å². The van der Waals surface area contributed by atoms with E-state index in [0.717, 1.165) is 16.5 Å². The molecule has 2 heterocycles. The van der Waals surface area contributed by atoms with Crippen LogP contribution in [-0.2, 0) is 25.6 Å². The van der Waals surface area contributed by atoms with E-state index in [1.807, 2.05) is 24.3 Å². The van der Waals surface area contributed by atoms with Gasteiger partial charge in [0, 0.05) is 30.1 Å². The Morgan fingerprint density at radius 3 is 2.60 bits per heavy atom. The fraction of sp³-hybridized carbons (Fsp3) is 0.500. The number of rotatable bonds is 12. The van der Waals surface area contributed by atoms with Crippen molar-refractivity contribution < 1.29 is 24.3 Å². The third-order valence-corrected chi connectivity index (χ3v) is 6.32. The Morgan fingerprint density at radius 1 is 1.11 bits per heavy atom. The van der Waals surface area contributed by atoms with Crippen molar-refractivity contribution in [1.82, 2.24) is 20.5 Å². The summed E-state index contributed by atoms with van der Waals surface area (Å²) >= 11 is 0. The lowest BCUT2D eigenvalue weighted by atomic mass is 10.0. The molecule has 3 rings (SSSR count). The van der Waals surface area contributed by atoms with Gasteiger partial charge in [0.1, 0.15) is 18.1 Å². The van der Waals surface area contributed by atoms with Crippen LogP contribution in [0.3, 0.4) is 0 Å². The van der Waals surface area contributed by atoms with Gasteiger partial charge in [0.25, 0.3) is 0 Å². The van der Waals surface area contributed by atoms with Gasteiger partial charge in [-0.25, -0.2) is 4.79 Å². The molecule has 1 aliphatic rings. The zero-order valence-corrected chi connectivity index (χ0v) is 19.7. The summed E-state index contributed by atoms with van der Waals surface area (Å²) in [6.45, 7) is 0.507. The summed E-state index contributed by atoms with van der Waals surface area (Å²) in [6, 6.07) is 4.86. The van der Waals surface area contributed by atoms with Gasteiger partial charge in [-0.1, -0.05) is 18.2 Å². The number of aliphatic carboxylic acids is 1. The van der Waals surface area contributed by atoms with Crippen molar-refractivity contribution in [2.75, 3.05) is 19.6 Å². The van der Waals surface area contributed by atoms with Gasteiger partial charge in [-0.15, -0.1) is 0 Å². The second-order valence-electron chi connectivity index (χ2n) is 8.76. The number of nitrogens with one attached hydrogen (secondary N) is 3. The third-order valence-electron chi connectivity index (χ3n) is 6.32. The van der Waals surface area contributed by atoms with Crippen LogP contribution >= 0.6 is 0 Å². The Labute approximate surface area is 203 Å². The molecular formula is C24H34N6O5. The molecule has 1 aromatic carbocycles. The highest BCUT2D eigenvalue weighted by atomic mass is 16.4. The molecule has 11 heteroatoms. The van der Waals surface area contributed by atoms with Gasteiger partial charge >= 0.3 is 5.97 Å². The minimum atomic E-state index is -1.13. The van der Waals surface area contributed by atoms with E-state index in [4.69, 9.17) is 11.5 Å². The summed E-state index contributed by atoms with van der Waals surface area (Å²) < 4.78 is 0. The average molecular weight is 487 g/mol. The van der Waals surface area contributed by atoms with Crippen molar-refractivity contribution in [3.8, 4) is 0 Å². The zero-order valence-electron chi connectivity index (χ0n) is 19.7. The minimum Gasteiger partial charge on any atom is -0.480 e. The lowest BCUT2D eigenvalue weighted by Crippen LogP contribution is -2.56. The summed E-state index contributed by atoms with van der Waals surface area (Å²) in [5.74, 6) is -2.51. The number of aromatic nitrogens is 1. The number of carbonyl (C=O) groups excluding carboxylic acids is 3. The number of fused-ring (bicyclic) bond motifs is 1. The maximum absolute atomic E-state index is 13.6. The van der Waals surface area contributed by atoms with Gasteiger partial charge in [0.05, 0.1) is 6.54 Å². The third kappa shape index (κ3) is 6.58. The van der Waals surface area contributed by atoms with Crippen LogP contribution in [0.15, 0.2) is 30.5 Å². The first-order valence-corrected chi connectivity index (χ1v) is 11.9. The number of benzene rings is 1. The van der Waals surface area contributed by atoms with Crippen molar-refractivity contribution in [3.63, 3.8) is 0 Å². The number of para-hydroxylation sites is 1. The Balaban J connectivity index is 1.76. The molecule has 1 fully saturated rings. The van der Waals surface area contributed by atoms with Gasteiger partial charge in [0.2, 0.25) is 17.7 Å². The first-order chi connectivity index (χ1) is 16.8. The van der Waals surface area contributed by atoms with Gasteiger partial charge < -0.3 is 37.1 Å². The lowest BCUT2D eigenvalue weighted by molar-refractivity contribution is -0.145. The summed E-state index contributed by atoms with van der Waals surface area (Å²) in [7, 11) is 0. The van der Waals surface area contributed by atoms with E-state index in [9.17, 15) is 24.3 Å². The predicted octanol–water partition coefficient (Wildman–Crippen LogP) is -0.157. The number of carbonyl (C=O) groups is 4. The molecule has 8 N–H and O–H groups in total. The number of nitrogens with zero attached hydrogens (tertiary/aromatic N) is 1. The number of carboxylic acids is 1. The number of aromatic amines is 1. The highest BCUT2D eigenvalue weighted by Crippen LogP contribution is 2.23. The lowest BCUT2D eigenvalue weighted by Gasteiger charge is -2.29. The molecule has 0 saturated carbocycles. The molecule has 1 aromatic heterocycles. The van der Waals surface area contributed by atoms with Crippen molar-refractivity contribution in [2.45, 2.75) is 56.7 Å². The Kier molecular flexibility index (Phi) is 9.21. The van der Waals surface area contributed by atoms with Crippen LogP contribution in [0.25, 0.3) is 10.9 Å². The standard InChI is InChI=1S/C24H34N6O5/c25-10-4-3-8-18(24(34)35)29-22(32)20-9-5-11-30(20)23(33)19(28-21(31)13-26)12-15-14-27-17-7-2-1-6-16(15)17/h1-2,6-7,14,18-20,27H,3-5,8-13,25-26H2,(H,28,31)(H,29,32)(H,34,35). The number of hydrogen-bond donors (Lipinski definition) is 6. The normalized spacial score (nSPS) is 17.2. The largest absolute Gasteiger partial charge is 0.480 e. The molecule has 1 aliphatic heterocycles. The smallest absolute Gasteiger partial charge is 0.326 e. The zero-order chi connectivity index (χ0) is 25.4. The van der Waals surface area contributed by atoms with Crippen LogP contribution in [0.1, 0.15) is 37.7 Å². The fourth-order valence-corrected chi connectivity index (χ4v) is 4.50. The van der Waals surface area contributed by atoms with E-state index in [-0.39, 0.29) is 19.4 Å². The second-order valence-corrected chi connectivity index (χ2v) is 8.76. The van der Waals surface area contributed by atoms with Gasteiger partial charge in [0.15, 0.2) is 0 Å². The molecule has 0 radical (unpaired) electrons. The van der Waals surface area contributed by atoms with E-state index in [1.165, 1.54) is 4.90 Å². The SMILES string of the molecule is NCCCCC(NC(=O)C1CCCN1C(=O)C(Cc1c[nH]c2ccccc12)NC(=O)CN)C(=O)O. The highest BCUT2D eigenvalue weighted by Gasteiger charge is 2.39. The molecule has 3 unspecified atom stereocenters. The Hall–Kier alpha value is -3.44. The predicted molar refractivity (Wildman–Crippen MR) is 130 cm³/mol. The Morgan fingerprint density at radius 2 is 1.89 bits per heavy atom. The van der Waals surface area contributed by atoms with E-state index in [0.29, 0.717) is 38.8 Å². The first kappa shape index (κ1) is 26.2. The molecular weight excluding hydrogens is 452 g/mol. The second kappa shape index (κ2) is 12.3. The molecule has 190 valence electrons. The summed E-state index contributed by atoms with van der Waals surface area (Å²) in [5, 5.41) is 15.7. The van der Waals surface area contributed by atoms with E-state index >= 15 is 0 Å². The van der Waals surface area contributed by atoms with Crippen LogP contribution in [0.5, 0.6) is 0 Å². The van der Waals surface area contributed by atoms with E-state index < -0.39 is 41.8 Å². The minimum absolute atomic E-state index is 0.219. The number of nitrogens with two attached hydrogens (primary N) is 2. The molecule has 3 atom stereocenters. The van der Waals surface area contributed by atoms with E-state index in [1.54, 1.807) is 6.20 Å². The first-order valence-electron chi connectivity index (χ1n) is 11.9. The van der Waals surface area contributed by atoms with Gasteiger partial charge in [-0.2, -0.15) is 0 Å². The molecule has 35 heavy (non-hydrogen) atoms. The van der Waals surface area contributed by atoms with Crippen molar-refractivity contribution in [3.05, 3.63) is 36.0 Å². The average Bonchev–Trinajstić information content (AvgIpc) is 3.50. The van der Waals surface area contributed by atoms with Crippen molar-refractivity contribution in [2.24, 2.45) is 11.5 Å². The van der Waals surface area contributed by atoms with Crippen LogP contribution in [0, 0.1) is 0 Å². The van der Waals surface area contributed by atoms with Crippen LogP contribution in [-0.4, -0.2) is 76.4 Å². The van der Waals surface area contributed by atoms with Crippen molar-refractivity contribution in [1.29, 1.82) is 0 Å². The fourth-order valence-electron chi connectivity index (χ4n) is 4.50.